The first-order valence-corrected chi connectivity index (χ1v) is 6.75. The summed E-state index contributed by atoms with van der Waals surface area (Å²) in [6, 6.07) is 8.61. The number of hydrogen-bond acceptors (Lipinski definition) is 3. The molecule has 106 valence electrons. The highest BCUT2D eigenvalue weighted by molar-refractivity contribution is 5.71. The summed E-state index contributed by atoms with van der Waals surface area (Å²) in [5.41, 5.74) is 2.72. The Bertz CT molecular complexity index is 404. The fraction of sp³-hybridized carbons (Fsp3) is 0.562. The normalized spacial score (nSPS) is 11.7. The number of likely N-dealkylation sites (N-methyl/N-ethyl adjacent to an activating group) is 1. The third-order valence-corrected chi connectivity index (χ3v) is 3.25. The average molecular weight is 263 g/mol. The molecule has 1 rings (SSSR count). The molecule has 0 spiro atoms. The highest BCUT2D eigenvalue weighted by atomic mass is 16.5. The molecular weight excluding hydrogens is 238 g/mol. The number of benzene rings is 1. The molecule has 0 amide bonds. The summed E-state index contributed by atoms with van der Waals surface area (Å²) in [5.74, 6) is -0.187. The van der Waals surface area contributed by atoms with Gasteiger partial charge in [0, 0.05) is 6.54 Å². The highest BCUT2D eigenvalue weighted by Gasteiger charge is 2.14. The first-order valence-electron chi connectivity index (χ1n) is 6.75. The van der Waals surface area contributed by atoms with Gasteiger partial charge in [0.1, 0.15) is 0 Å². The van der Waals surface area contributed by atoms with E-state index in [1.165, 1.54) is 18.2 Å². The minimum Gasteiger partial charge on any atom is -0.468 e. The summed E-state index contributed by atoms with van der Waals surface area (Å²) in [6.45, 7) is 10.6. The molecule has 0 fully saturated rings. The van der Waals surface area contributed by atoms with E-state index in [0.717, 1.165) is 13.1 Å². The van der Waals surface area contributed by atoms with Gasteiger partial charge in [-0.25, -0.2) is 0 Å². The van der Waals surface area contributed by atoms with E-state index in [2.05, 4.69) is 49.9 Å². The molecule has 0 aliphatic carbocycles. The van der Waals surface area contributed by atoms with Gasteiger partial charge in [-0.1, -0.05) is 52.0 Å². The first-order chi connectivity index (χ1) is 8.86. The Labute approximate surface area is 116 Å². The maximum atomic E-state index is 11.3. The zero-order chi connectivity index (χ0) is 14.5. The molecule has 19 heavy (non-hydrogen) atoms. The van der Waals surface area contributed by atoms with Crippen LogP contribution in [-0.4, -0.2) is 31.1 Å². The summed E-state index contributed by atoms with van der Waals surface area (Å²) in [5, 5.41) is 0. The van der Waals surface area contributed by atoms with Gasteiger partial charge in [-0.15, -0.1) is 0 Å². The Morgan fingerprint density at radius 1 is 1.21 bits per heavy atom. The number of esters is 1. The number of hydrogen-bond donors (Lipinski definition) is 0. The summed E-state index contributed by atoms with van der Waals surface area (Å²) in [4.78, 5) is 13.4. The van der Waals surface area contributed by atoms with E-state index >= 15 is 0 Å². The molecule has 3 heteroatoms. The Balaban J connectivity index is 2.68. The second kappa shape index (κ2) is 6.71. The van der Waals surface area contributed by atoms with Crippen molar-refractivity contribution in [1.82, 2.24) is 4.90 Å². The van der Waals surface area contributed by atoms with Crippen LogP contribution in [0.2, 0.25) is 0 Å². The summed E-state index contributed by atoms with van der Waals surface area (Å²) in [7, 11) is 1.42. The van der Waals surface area contributed by atoms with Gasteiger partial charge in [-0.05, 0) is 23.1 Å². The topological polar surface area (TPSA) is 29.5 Å². The van der Waals surface area contributed by atoms with Crippen LogP contribution in [0.4, 0.5) is 0 Å². The smallest absolute Gasteiger partial charge is 0.319 e. The van der Waals surface area contributed by atoms with Gasteiger partial charge in [0.05, 0.1) is 13.7 Å². The maximum Gasteiger partial charge on any atom is 0.319 e. The lowest BCUT2D eigenvalue weighted by Gasteiger charge is -2.21. The SMILES string of the molecule is CCN(CC(=O)OC)Cc1ccc(C(C)(C)C)cc1. The van der Waals surface area contributed by atoms with E-state index in [4.69, 9.17) is 4.74 Å². The predicted octanol–water partition coefficient (Wildman–Crippen LogP) is 2.98. The Morgan fingerprint density at radius 3 is 2.21 bits per heavy atom. The van der Waals surface area contributed by atoms with Crippen molar-refractivity contribution in [2.24, 2.45) is 0 Å². The van der Waals surface area contributed by atoms with E-state index in [0.29, 0.717) is 6.54 Å². The summed E-state index contributed by atoms with van der Waals surface area (Å²) in [6.07, 6.45) is 0. The maximum absolute atomic E-state index is 11.3. The molecule has 0 saturated carbocycles. The Kier molecular flexibility index (Phi) is 5.55. The van der Waals surface area contributed by atoms with Gasteiger partial charge < -0.3 is 4.74 Å². The molecule has 0 N–H and O–H groups in total. The van der Waals surface area contributed by atoms with Crippen molar-refractivity contribution in [3.63, 3.8) is 0 Å². The molecule has 0 aromatic heterocycles. The molecular formula is C16H25NO2. The monoisotopic (exact) mass is 263 g/mol. The molecule has 3 nitrogen and oxygen atoms in total. The van der Waals surface area contributed by atoms with Crippen molar-refractivity contribution >= 4 is 5.97 Å². The predicted molar refractivity (Wildman–Crippen MR) is 78.1 cm³/mol. The number of methoxy groups -OCH3 is 1. The van der Waals surface area contributed by atoms with Crippen molar-refractivity contribution in [3.05, 3.63) is 35.4 Å². The third kappa shape index (κ3) is 5.03. The van der Waals surface area contributed by atoms with Gasteiger partial charge in [-0.2, -0.15) is 0 Å². The van der Waals surface area contributed by atoms with E-state index < -0.39 is 0 Å². The zero-order valence-corrected chi connectivity index (χ0v) is 12.7. The molecule has 0 bridgehead atoms. The van der Waals surface area contributed by atoms with Gasteiger partial charge in [0.15, 0.2) is 0 Å². The van der Waals surface area contributed by atoms with Crippen molar-refractivity contribution < 1.29 is 9.53 Å². The van der Waals surface area contributed by atoms with E-state index in [-0.39, 0.29) is 11.4 Å². The number of ether oxygens (including phenoxy) is 1. The van der Waals surface area contributed by atoms with E-state index in [1.54, 1.807) is 0 Å². The van der Waals surface area contributed by atoms with E-state index in [9.17, 15) is 4.79 Å². The van der Waals surface area contributed by atoms with Crippen molar-refractivity contribution in [3.8, 4) is 0 Å². The first kappa shape index (κ1) is 15.7. The lowest BCUT2D eigenvalue weighted by Crippen LogP contribution is -2.30. The second-order valence-electron chi connectivity index (χ2n) is 5.83. The van der Waals surface area contributed by atoms with Crippen LogP contribution in [0.3, 0.4) is 0 Å². The van der Waals surface area contributed by atoms with Crippen LogP contribution in [0.1, 0.15) is 38.8 Å². The van der Waals surface area contributed by atoms with Crippen LogP contribution in [-0.2, 0) is 21.5 Å². The van der Waals surface area contributed by atoms with Gasteiger partial charge >= 0.3 is 5.97 Å². The zero-order valence-electron chi connectivity index (χ0n) is 12.7. The van der Waals surface area contributed by atoms with Crippen LogP contribution in [0.15, 0.2) is 24.3 Å². The minimum absolute atomic E-state index is 0.176. The van der Waals surface area contributed by atoms with Crippen LogP contribution < -0.4 is 0 Å². The lowest BCUT2D eigenvalue weighted by molar-refractivity contribution is -0.142. The van der Waals surface area contributed by atoms with Crippen molar-refractivity contribution in [2.45, 2.75) is 39.7 Å². The van der Waals surface area contributed by atoms with Crippen LogP contribution >= 0.6 is 0 Å². The second-order valence-corrected chi connectivity index (χ2v) is 5.83. The molecule has 1 aromatic carbocycles. The van der Waals surface area contributed by atoms with Crippen LogP contribution in [0.25, 0.3) is 0 Å². The molecule has 0 aliphatic heterocycles. The Morgan fingerprint density at radius 2 is 1.79 bits per heavy atom. The van der Waals surface area contributed by atoms with Gasteiger partial charge in [0.2, 0.25) is 0 Å². The van der Waals surface area contributed by atoms with Crippen LogP contribution in [0, 0.1) is 0 Å². The largest absolute Gasteiger partial charge is 0.468 e. The number of rotatable bonds is 5. The van der Waals surface area contributed by atoms with E-state index in [1.807, 2.05) is 6.92 Å². The molecule has 0 radical (unpaired) electrons. The molecule has 0 unspecified atom stereocenters. The average Bonchev–Trinajstić information content (AvgIpc) is 2.37. The molecule has 0 heterocycles. The fourth-order valence-corrected chi connectivity index (χ4v) is 1.89. The Hall–Kier alpha value is -1.35. The quantitative estimate of drug-likeness (QED) is 0.765. The summed E-state index contributed by atoms with van der Waals surface area (Å²) < 4.78 is 4.70. The molecule has 0 saturated heterocycles. The molecule has 0 aliphatic rings. The van der Waals surface area contributed by atoms with Crippen molar-refractivity contribution in [1.29, 1.82) is 0 Å². The minimum atomic E-state index is -0.187. The summed E-state index contributed by atoms with van der Waals surface area (Å²) >= 11 is 0. The highest BCUT2D eigenvalue weighted by Crippen LogP contribution is 2.22. The van der Waals surface area contributed by atoms with Crippen molar-refractivity contribution in [2.75, 3.05) is 20.2 Å². The third-order valence-electron chi connectivity index (χ3n) is 3.25. The number of nitrogens with zero attached hydrogens (tertiary/aromatic N) is 1. The lowest BCUT2D eigenvalue weighted by atomic mass is 9.87. The number of carbonyl (C=O) groups excluding carboxylic acids is 1. The number of carbonyl (C=O) groups is 1. The molecule has 1 aromatic rings. The van der Waals surface area contributed by atoms with Crippen LogP contribution in [0.5, 0.6) is 0 Å². The standard InChI is InChI=1S/C16H25NO2/c1-6-17(12-15(18)19-5)11-13-7-9-14(10-8-13)16(2,3)4/h7-10H,6,11-12H2,1-5H3. The van der Waals surface area contributed by atoms with Gasteiger partial charge in [0.25, 0.3) is 0 Å². The fourth-order valence-electron chi connectivity index (χ4n) is 1.89. The van der Waals surface area contributed by atoms with Gasteiger partial charge in [-0.3, -0.25) is 9.69 Å². The molecule has 0 atom stereocenters.